The second-order valence-corrected chi connectivity index (χ2v) is 18.7. The zero-order valence-corrected chi connectivity index (χ0v) is 44.0. The first-order chi connectivity index (χ1) is 36.3. The van der Waals surface area contributed by atoms with Gasteiger partial charge in [0.1, 0.15) is 46.8 Å². The number of hydrazone groups is 1. The molecule has 0 fully saturated rings. The smallest absolute Gasteiger partial charge is 0.407 e. The standard InChI is InChI=1S/C50H68F2N10O13S/c1-7-36(28-63)75-41(71-5)30-74-48(69)56-26-22-40(64)59-42(31(2)3)44(66)58-39(15-11-24-54-46(53)67)43(65)57-35-19-16-32(17-20-35)29-73-47(68)55-25-12-23-50(33-13-9-8-10-14-33)62(49(70)61(4)72-6)60-45(76-50)37-27-34(51)18-21-38(37)52/h8-10,13-14,16-21,27,31,36,39,41-42,63H,7,11-12,15,22-26,28-30H2,1-6H3,(H,55,68)(H,56,69)(H,57,65)(H,58,66)(H,59,64)(H3,53,54,67)/t36?,39-,41?,42-,50-/m0/s1. The number of aliphatic hydroxyl groups is 1. The van der Waals surface area contributed by atoms with Crippen molar-refractivity contribution in [1.29, 1.82) is 0 Å². The van der Waals surface area contributed by atoms with Crippen LogP contribution >= 0.6 is 11.8 Å². The normalized spacial score (nSPS) is 15.6. The third-order valence-electron chi connectivity index (χ3n) is 11.6. The lowest BCUT2D eigenvalue weighted by Crippen LogP contribution is -2.54. The van der Waals surface area contributed by atoms with Crippen LogP contribution in [0.2, 0.25) is 0 Å². The number of nitrogens with one attached hydrogen (secondary N) is 6. The van der Waals surface area contributed by atoms with E-state index in [1.165, 1.54) is 26.3 Å². The average molecular weight is 1090 g/mol. The minimum Gasteiger partial charge on any atom is -0.445 e. The topological polar surface area (TPSA) is 303 Å². The molecule has 0 bridgehead atoms. The molecule has 4 rings (SSSR count). The van der Waals surface area contributed by atoms with Crippen molar-refractivity contribution >= 4 is 64.5 Å². The Morgan fingerprint density at radius 1 is 0.868 bits per heavy atom. The van der Waals surface area contributed by atoms with Crippen LogP contribution in [-0.4, -0.2) is 141 Å². The molecule has 23 nitrogen and oxygen atoms in total. The molecule has 3 aromatic carbocycles. The van der Waals surface area contributed by atoms with Crippen LogP contribution in [0.3, 0.4) is 0 Å². The summed E-state index contributed by atoms with van der Waals surface area (Å²) in [6.07, 6.45) is -1.98. The van der Waals surface area contributed by atoms with Crippen molar-refractivity contribution in [3.05, 3.63) is 101 Å². The Hall–Kier alpha value is -7.13. The van der Waals surface area contributed by atoms with Crippen molar-refractivity contribution in [1.82, 2.24) is 36.7 Å². The van der Waals surface area contributed by atoms with Crippen molar-refractivity contribution in [2.24, 2.45) is 16.8 Å². The molecule has 9 amide bonds. The number of nitrogens with zero attached hydrogens (tertiary/aromatic N) is 3. The number of halogens is 2. The number of nitrogens with two attached hydrogens (primary N) is 1. The fourth-order valence-electron chi connectivity index (χ4n) is 7.33. The third kappa shape index (κ3) is 18.9. The molecule has 9 N–H and O–H groups in total. The maximum Gasteiger partial charge on any atom is 0.407 e. The summed E-state index contributed by atoms with van der Waals surface area (Å²) in [5.41, 5.74) is 6.59. The van der Waals surface area contributed by atoms with Gasteiger partial charge in [-0.1, -0.05) is 75.0 Å². The summed E-state index contributed by atoms with van der Waals surface area (Å²) in [6.45, 7) is 4.58. The van der Waals surface area contributed by atoms with Crippen LogP contribution in [0.25, 0.3) is 0 Å². The van der Waals surface area contributed by atoms with Crippen LogP contribution in [0.5, 0.6) is 0 Å². The van der Waals surface area contributed by atoms with Gasteiger partial charge in [-0.05, 0) is 79.5 Å². The molecule has 0 aliphatic carbocycles. The van der Waals surface area contributed by atoms with Crippen molar-refractivity contribution in [3.8, 4) is 0 Å². The summed E-state index contributed by atoms with van der Waals surface area (Å²) in [7, 11) is 4.04. The number of alkyl carbamates (subject to hydrolysis) is 2. The summed E-state index contributed by atoms with van der Waals surface area (Å²) < 4.78 is 50.6. The molecule has 26 heteroatoms. The lowest BCUT2D eigenvalue weighted by atomic mass is 10.0. The van der Waals surface area contributed by atoms with E-state index in [9.17, 15) is 43.1 Å². The van der Waals surface area contributed by atoms with Crippen molar-refractivity contribution in [3.63, 3.8) is 0 Å². The Bertz CT molecular complexity index is 2440. The van der Waals surface area contributed by atoms with E-state index in [1.54, 1.807) is 68.4 Å². The molecule has 0 spiro atoms. The lowest BCUT2D eigenvalue weighted by Gasteiger charge is -2.37. The van der Waals surface area contributed by atoms with Gasteiger partial charge in [-0.15, -0.1) is 0 Å². The Labute approximate surface area is 443 Å². The van der Waals surface area contributed by atoms with Gasteiger partial charge in [-0.2, -0.15) is 10.1 Å². The van der Waals surface area contributed by atoms with E-state index < -0.39 is 88.9 Å². The quantitative estimate of drug-likeness (QED) is 0.0265. The first-order valence-corrected chi connectivity index (χ1v) is 25.2. The van der Waals surface area contributed by atoms with Crippen LogP contribution in [0.15, 0.2) is 77.9 Å². The number of aliphatic hydroxyl groups excluding tert-OH is 1. The lowest BCUT2D eigenvalue weighted by molar-refractivity contribution is -0.181. The van der Waals surface area contributed by atoms with E-state index in [4.69, 9.17) is 29.5 Å². The predicted molar refractivity (Wildman–Crippen MR) is 276 cm³/mol. The number of ether oxygens (including phenoxy) is 4. The molecule has 1 aliphatic heterocycles. The highest BCUT2D eigenvalue weighted by Gasteiger charge is 2.50. The van der Waals surface area contributed by atoms with Crippen molar-refractivity contribution in [2.75, 3.05) is 59.4 Å². The minimum absolute atomic E-state index is 0.0626. The monoisotopic (exact) mass is 1090 g/mol. The Kier molecular flexibility index (Phi) is 25.1. The van der Waals surface area contributed by atoms with E-state index in [0.29, 0.717) is 23.2 Å². The molecule has 0 aromatic heterocycles. The van der Waals surface area contributed by atoms with Gasteiger partial charge in [0.05, 0.1) is 19.8 Å². The highest BCUT2D eigenvalue weighted by Crippen LogP contribution is 2.51. The molecule has 0 saturated carbocycles. The number of carbonyl (C=O) groups is 7. The molecule has 1 heterocycles. The van der Waals surface area contributed by atoms with Crippen LogP contribution in [0.1, 0.15) is 76.0 Å². The van der Waals surface area contributed by atoms with Crippen molar-refractivity contribution < 1.29 is 71.2 Å². The van der Waals surface area contributed by atoms with Gasteiger partial charge in [0.25, 0.3) is 0 Å². The maximum absolute atomic E-state index is 15.1. The molecular weight excluding hydrogens is 1020 g/mol. The number of hydroxylamine groups is 2. The highest BCUT2D eigenvalue weighted by molar-refractivity contribution is 8.15. The Balaban J connectivity index is 1.31. The van der Waals surface area contributed by atoms with E-state index in [0.717, 1.165) is 35.0 Å². The number of urea groups is 2. The SMILES string of the molecule is CCC(CO)OC(COC(=O)NCCC(=O)N[C@H](C(=O)N[C@@H](CCCNC(N)=O)C(=O)Nc1ccc(COC(=O)NCCC[C@@]2(c3ccccc3)SC(c3cc(F)ccc3F)=NN2C(=O)N(C)OC)cc1)C(C)C)OC. The fraction of sp³-hybridized carbons (Fsp3) is 0.480. The number of rotatable bonds is 29. The second kappa shape index (κ2) is 31.0. The van der Waals surface area contributed by atoms with E-state index >= 15 is 4.39 Å². The molecule has 0 saturated heterocycles. The fourth-order valence-corrected chi connectivity index (χ4v) is 8.75. The first kappa shape index (κ1) is 61.4. The predicted octanol–water partition coefficient (Wildman–Crippen LogP) is 4.74. The van der Waals surface area contributed by atoms with Crippen LogP contribution < -0.4 is 37.6 Å². The number of carbonyl (C=O) groups excluding carboxylic acids is 7. The number of amides is 9. The summed E-state index contributed by atoms with van der Waals surface area (Å²) in [5.74, 6) is -3.70. The first-order valence-electron chi connectivity index (χ1n) is 24.4. The highest BCUT2D eigenvalue weighted by atomic mass is 32.2. The molecule has 0 radical (unpaired) electrons. The largest absolute Gasteiger partial charge is 0.445 e. The molecule has 416 valence electrons. The average Bonchev–Trinajstić information content (AvgIpc) is 3.81. The number of primary amides is 1. The van der Waals surface area contributed by atoms with Crippen LogP contribution in [0.4, 0.5) is 33.6 Å². The molecule has 5 atom stereocenters. The second-order valence-electron chi connectivity index (χ2n) is 17.4. The molecular formula is C50H68F2N10O13S. The van der Waals surface area contributed by atoms with Gasteiger partial charge in [0.2, 0.25) is 17.7 Å². The Morgan fingerprint density at radius 3 is 2.20 bits per heavy atom. The molecule has 2 unspecified atom stereocenters. The minimum atomic E-state index is -1.27. The molecule has 3 aromatic rings. The van der Waals surface area contributed by atoms with Gasteiger partial charge in [-0.25, -0.2) is 33.0 Å². The summed E-state index contributed by atoms with van der Waals surface area (Å²) in [6, 6.07) is 14.5. The van der Waals surface area contributed by atoms with Gasteiger partial charge in [-0.3, -0.25) is 19.2 Å². The Morgan fingerprint density at radius 2 is 1.55 bits per heavy atom. The zero-order valence-electron chi connectivity index (χ0n) is 43.2. The van der Waals surface area contributed by atoms with Crippen LogP contribution in [0, 0.1) is 17.6 Å². The maximum atomic E-state index is 15.1. The summed E-state index contributed by atoms with van der Waals surface area (Å²) in [5, 5.41) is 31.7. The zero-order chi connectivity index (χ0) is 55.8. The van der Waals surface area contributed by atoms with Gasteiger partial charge < -0.3 is 61.7 Å². The van der Waals surface area contributed by atoms with Crippen LogP contribution in [-0.2, 0) is 49.6 Å². The third-order valence-corrected chi connectivity index (χ3v) is 13.0. The van der Waals surface area contributed by atoms with E-state index in [-0.39, 0.29) is 82.2 Å². The number of anilines is 1. The van der Waals surface area contributed by atoms with Gasteiger partial charge in [0, 0.05) is 51.5 Å². The van der Waals surface area contributed by atoms with Crippen molar-refractivity contribution in [2.45, 2.75) is 95.3 Å². The number of methoxy groups -OCH3 is 1. The van der Waals surface area contributed by atoms with E-state index in [2.05, 4.69) is 37.0 Å². The summed E-state index contributed by atoms with van der Waals surface area (Å²) >= 11 is 1.07. The van der Waals surface area contributed by atoms with Gasteiger partial charge >= 0.3 is 24.2 Å². The number of hydrogen-bond donors (Lipinski definition) is 8. The number of benzene rings is 3. The molecule has 1 aliphatic rings. The summed E-state index contributed by atoms with van der Waals surface area (Å²) in [4.78, 5) is 94.2. The number of thioether (sulfide) groups is 1. The van der Waals surface area contributed by atoms with Gasteiger partial charge in [0.15, 0.2) is 6.29 Å². The van der Waals surface area contributed by atoms with E-state index in [1.807, 2.05) is 6.92 Å². The number of hydrogen-bond acceptors (Lipinski definition) is 15. The molecule has 76 heavy (non-hydrogen) atoms.